The molecule has 1 atom stereocenters. The molecule has 1 heterocycles. The van der Waals surface area contributed by atoms with E-state index in [1.807, 2.05) is 30.6 Å². The van der Waals surface area contributed by atoms with E-state index >= 15 is 0 Å². The van der Waals surface area contributed by atoms with E-state index in [1.54, 1.807) is 0 Å². The third-order valence-electron chi connectivity index (χ3n) is 3.70. The maximum absolute atomic E-state index is 9.42. The second-order valence-electron chi connectivity index (χ2n) is 5.32. The molecule has 1 aromatic heterocycles. The summed E-state index contributed by atoms with van der Waals surface area (Å²) in [5.41, 5.74) is 2.15. The normalized spacial score (nSPS) is 14.1. The number of nitrogens with zero attached hydrogens (tertiary/aromatic N) is 1. The first kappa shape index (κ1) is 13.7. The van der Waals surface area contributed by atoms with E-state index in [0.29, 0.717) is 0 Å². The molecule has 0 aliphatic carbocycles. The second kappa shape index (κ2) is 5.93. The van der Waals surface area contributed by atoms with Gasteiger partial charge in [0.2, 0.25) is 0 Å². The number of aliphatic hydroxyl groups is 1. The molecule has 19 heavy (non-hydrogen) atoms. The molecule has 102 valence electrons. The molecule has 3 heteroatoms. The van der Waals surface area contributed by atoms with Crippen LogP contribution >= 0.6 is 0 Å². The van der Waals surface area contributed by atoms with E-state index in [4.69, 9.17) is 0 Å². The highest BCUT2D eigenvalue weighted by Gasteiger charge is 2.20. The summed E-state index contributed by atoms with van der Waals surface area (Å²) in [7, 11) is 0. The van der Waals surface area contributed by atoms with Gasteiger partial charge in [0.1, 0.15) is 0 Å². The van der Waals surface area contributed by atoms with Crippen LogP contribution in [0.1, 0.15) is 20.3 Å². The summed E-state index contributed by atoms with van der Waals surface area (Å²) in [6.07, 6.45) is 5.01. The number of benzene rings is 1. The van der Waals surface area contributed by atoms with Gasteiger partial charge in [0.05, 0.1) is 6.61 Å². The van der Waals surface area contributed by atoms with Gasteiger partial charge >= 0.3 is 0 Å². The van der Waals surface area contributed by atoms with Gasteiger partial charge < -0.3 is 15.0 Å². The molecular weight excluding hydrogens is 236 g/mol. The Bertz CT molecular complexity index is 501. The Kier molecular flexibility index (Phi) is 4.27. The molecule has 0 aliphatic heterocycles. The lowest BCUT2D eigenvalue weighted by atomic mass is 9.88. The van der Waals surface area contributed by atoms with Crippen LogP contribution in [0.2, 0.25) is 0 Å². The van der Waals surface area contributed by atoms with Crippen LogP contribution in [-0.2, 0) is 0 Å². The Hall–Kier alpha value is -1.74. The average molecular weight is 258 g/mol. The highest BCUT2D eigenvalue weighted by Crippen LogP contribution is 2.22. The highest BCUT2D eigenvalue weighted by atomic mass is 16.3. The van der Waals surface area contributed by atoms with Crippen LogP contribution < -0.4 is 5.32 Å². The van der Waals surface area contributed by atoms with Crippen molar-refractivity contribution in [1.82, 2.24) is 4.57 Å². The Labute approximate surface area is 114 Å². The van der Waals surface area contributed by atoms with Crippen molar-refractivity contribution >= 4 is 5.69 Å². The summed E-state index contributed by atoms with van der Waals surface area (Å²) in [4.78, 5) is 0. The van der Waals surface area contributed by atoms with Gasteiger partial charge in [-0.2, -0.15) is 0 Å². The molecule has 2 rings (SSSR count). The average Bonchev–Trinajstić information content (AvgIpc) is 2.99. The van der Waals surface area contributed by atoms with Crippen LogP contribution in [0.15, 0.2) is 48.8 Å². The van der Waals surface area contributed by atoms with E-state index in [2.05, 4.69) is 41.9 Å². The van der Waals surface area contributed by atoms with Crippen molar-refractivity contribution in [3.05, 3.63) is 48.8 Å². The van der Waals surface area contributed by atoms with Gasteiger partial charge in [-0.3, -0.25) is 0 Å². The number of nitrogens with one attached hydrogen (secondary N) is 1. The zero-order valence-corrected chi connectivity index (χ0v) is 11.6. The Balaban J connectivity index is 2.08. The minimum absolute atomic E-state index is 0.0660. The number of rotatable bonds is 6. The van der Waals surface area contributed by atoms with Gasteiger partial charge in [-0.25, -0.2) is 0 Å². The summed E-state index contributed by atoms with van der Waals surface area (Å²) in [5.74, 6) is 0. The fraction of sp³-hybridized carbons (Fsp3) is 0.375. The maximum atomic E-state index is 9.42. The molecule has 3 nitrogen and oxygen atoms in total. The van der Waals surface area contributed by atoms with E-state index < -0.39 is 0 Å². The molecule has 0 amide bonds. The molecule has 0 saturated carbocycles. The van der Waals surface area contributed by atoms with Gasteiger partial charge in [-0.1, -0.05) is 19.9 Å². The highest BCUT2D eigenvalue weighted by molar-refractivity contribution is 5.51. The lowest BCUT2D eigenvalue weighted by Gasteiger charge is -2.26. The van der Waals surface area contributed by atoms with Crippen molar-refractivity contribution in [2.24, 2.45) is 5.41 Å². The largest absolute Gasteiger partial charge is 0.396 e. The predicted molar refractivity (Wildman–Crippen MR) is 79.7 cm³/mol. The molecule has 0 aliphatic rings. The molecule has 0 saturated heterocycles. The van der Waals surface area contributed by atoms with Crippen LogP contribution in [0.4, 0.5) is 5.69 Å². The van der Waals surface area contributed by atoms with Crippen molar-refractivity contribution in [3.8, 4) is 5.69 Å². The second-order valence-corrected chi connectivity index (χ2v) is 5.32. The minimum atomic E-state index is -0.0660. The zero-order chi connectivity index (χ0) is 13.7. The lowest BCUT2D eigenvalue weighted by molar-refractivity contribution is 0.149. The third-order valence-corrected chi connectivity index (χ3v) is 3.70. The molecule has 1 aromatic carbocycles. The number of anilines is 1. The van der Waals surface area contributed by atoms with E-state index in [9.17, 15) is 5.11 Å². The van der Waals surface area contributed by atoms with Crippen molar-refractivity contribution in [2.45, 2.75) is 20.3 Å². The van der Waals surface area contributed by atoms with Gasteiger partial charge in [0, 0.05) is 35.7 Å². The summed E-state index contributed by atoms with van der Waals surface area (Å²) in [6, 6.07) is 12.3. The Morgan fingerprint density at radius 2 is 1.95 bits per heavy atom. The predicted octanol–water partition coefficient (Wildman–Crippen LogP) is 3.30. The summed E-state index contributed by atoms with van der Waals surface area (Å²) < 4.78 is 2.08. The number of hydrogen-bond acceptors (Lipinski definition) is 2. The fourth-order valence-electron chi connectivity index (χ4n) is 1.89. The summed E-state index contributed by atoms with van der Waals surface area (Å²) in [5, 5.41) is 12.8. The van der Waals surface area contributed by atoms with Crippen LogP contribution in [-0.4, -0.2) is 22.8 Å². The molecule has 0 fully saturated rings. The monoisotopic (exact) mass is 258 g/mol. The fourth-order valence-corrected chi connectivity index (χ4v) is 1.89. The quantitative estimate of drug-likeness (QED) is 0.834. The zero-order valence-electron chi connectivity index (χ0n) is 11.6. The van der Waals surface area contributed by atoms with Crippen LogP contribution in [0.5, 0.6) is 0 Å². The first-order valence-corrected chi connectivity index (χ1v) is 6.75. The van der Waals surface area contributed by atoms with E-state index in [1.165, 1.54) is 0 Å². The molecule has 1 unspecified atom stereocenters. The SMILES string of the molecule is CCC(C)(CO)CNc1cccc(-n2cccc2)c1. The van der Waals surface area contributed by atoms with Crippen molar-refractivity contribution < 1.29 is 5.11 Å². The van der Waals surface area contributed by atoms with Crippen molar-refractivity contribution in [3.63, 3.8) is 0 Å². The van der Waals surface area contributed by atoms with Crippen molar-refractivity contribution in [2.75, 3.05) is 18.5 Å². The van der Waals surface area contributed by atoms with Crippen LogP contribution in [0.3, 0.4) is 0 Å². The Morgan fingerprint density at radius 3 is 2.58 bits per heavy atom. The van der Waals surface area contributed by atoms with Crippen LogP contribution in [0, 0.1) is 5.41 Å². The smallest absolute Gasteiger partial charge is 0.0501 e. The van der Waals surface area contributed by atoms with Crippen molar-refractivity contribution in [1.29, 1.82) is 0 Å². The third kappa shape index (κ3) is 3.38. The molecule has 2 aromatic rings. The van der Waals surface area contributed by atoms with Gasteiger partial charge in [0.15, 0.2) is 0 Å². The lowest BCUT2D eigenvalue weighted by Crippen LogP contribution is -2.29. The number of hydrogen-bond donors (Lipinski definition) is 2. The van der Waals surface area contributed by atoms with Gasteiger partial charge in [-0.05, 0) is 36.8 Å². The van der Waals surface area contributed by atoms with E-state index in [-0.39, 0.29) is 12.0 Å². The summed E-state index contributed by atoms with van der Waals surface area (Å²) in [6.45, 7) is 5.17. The van der Waals surface area contributed by atoms with Gasteiger partial charge in [-0.15, -0.1) is 0 Å². The molecule has 2 N–H and O–H groups in total. The summed E-state index contributed by atoms with van der Waals surface area (Å²) >= 11 is 0. The maximum Gasteiger partial charge on any atom is 0.0501 e. The van der Waals surface area contributed by atoms with Gasteiger partial charge in [0.25, 0.3) is 0 Å². The standard InChI is InChI=1S/C16H22N2O/c1-3-16(2,13-19)12-17-14-7-6-8-15(11-14)18-9-4-5-10-18/h4-11,17,19H,3,12-13H2,1-2H3. The minimum Gasteiger partial charge on any atom is -0.396 e. The number of aliphatic hydroxyl groups excluding tert-OH is 1. The Morgan fingerprint density at radius 1 is 1.21 bits per heavy atom. The first-order valence-electron chi connectivity index (χ1n) is 6.75. The molecular formula is C16H22N2O. The molecule has 0 radical (unpaired) electrons. The topological polar surface area (TPSA) is 37.2 Å². The van der Waals surface area contributed by atoms with E-state index in [0.717, 1.165) is 24.3 Å². The molecule has 0 spiro atoms. The number of aromatic nitrogens is 1. The van der Waals surface area contributed by atoms with Crippen LogP contribution in [0.25, 0.3) is 5.69 Å². The molecule has 0 bridgehead atoms. The first-order chi connectivity index (χ1) is 9.17.